The van der Waals surface area contributed by atoms with Crippen molar-refractivity contribution in [2.75, 3.05) is 13.2 Å². The molecule has 0 unspecified atom stereocenters. The Kier molecular flexibility index (Phi) is 5.80. The molecule has 1 aromatic carbocycles. The van der Waals surface area contributed by atoms with E-state index in [1.807, 2.05) is 13.0 Å². The molecule has 2 rings (SSSR count). The molecule has 124 valence electrons. The second-order valence-corrected chi connectivity index (χ2v) is 5.04. The van der Waals surface area contributed by atoms with E-state index in [1.165, 1.54) is 0 Å². The molecular weight excluding hydrogens is 306 g/mol. The summed E-state index contributed by atoms with van der Waals surface area (Å²) < 4.78 is 11.3. The molecule has 0 aromatic heterocycles. The fraction of sp³-hybridized carbons (Fsp3) is 0.263. The van der Waals surface area contributed by atoms with Crippen molar-refractivity contribution in [1.82, 2.24) is 0 Å². The van der Waals surface area contributed by atoms with Gasteiger partial charge in [-0.25, -0.2) is 4.79 Å². The van der Waals surface area contributed by atoms with E-state index in [1.54, 1.807) is 25.1 Å². The molecule has 0 fully saturated rings. The second kappa shape index (κ2) is 8.02. The van der Waals surface area contributed by atoms with Crippen LogP contribution in [0.15, 0.2) is 35.5 Å². The maximum Gasteiger partial charge on any atom is 0.367 e. The van der Waals surface area contributed by atoms with Crippen LogP contribution in [0.5, 0.6) is 11.5 Å². The second-order valence-electron chi connectivity index (χ2n) is 5.04. The largest absolute Gasteiger partial charge is 0.490 e. The van der Waals surface area contributed by atoms with Crippen LogP contribution in [0, 0.1) is 12.3 Å². The van der Waals surface area contributed by atoms with Crippen LogP contribution in [0.25, 0.3) is 6.08 Å². The molecule has 1 aromatic rings. The first-order valence-electron chi connectivity index (χ1n) is 7.55. The first kappa shape index (κ1) is 17.4. The maximum atomic E-state index is 11.7. The quantitative estimate of drug-likeness (QED) is 0.334. The first-order valence-corrected chi connectivity index (χ1v) is 7.55. The van der Waals surface area contributed by atoms with Gasteiger partial charge in [0, 0.05) is 5.56 Å². The first-order chi connectivity index (χ1) is 11.6. The number of carbonyl (C=O) groups is 1. The average molecular weight is 325 g/mol. The van der Waals surface area contributed by atoms with Crippen LogP contribution in [0.3, 0.4) is 0 Å². The fourth-order valence-corrected chi connectivity index (χ4v) is 2.30. The van der Waals surface area contributed by atoms with Crippen LogP contribution >= 0.6 is 0 Å². The summed E-state index contributed by atoms with van der Waals surface area (Å²) >= 11 is 0. The lowest BCUT2D eigenvalue weighted by Crippen LogP contribution is -2.04. The van der Waals surface area contributed by atoms with E-state index in [-0.39, 0.29) is 6.61 Å². The van der Waals surface area contributed by atoms with Crippen molar-refractivity contribution >= 4 is 17.8 Å². The summed E-state index contributed by atoms with van der Waals surface area (Å²) in [6.45, 7) is 7.98. The van der Waals surface area contributed by atoms with Gasteiger partial charge in [0.15, 0.2) is 11.5 Å². The number of hydrogen-bond acceptors (Lipinski definition) is 5. The Hall–Kier alpha value is -3.00. The summed E-state index contributed by atoms with van der Waals surface area (Å²) in [6, 6.07) is 3.70. The maximum absolute atomic E-state index is 11.7. The third kappa shape index (κ3) is 3.85. The molecule has 0 atom stereocenters. The number of carbonyl (C=O) groups excluding carboxylic acids is 1. The molecule has 0 saturated carbocycles. The van der Waals surface area contributed by atoms with Crippen molar-refractivity contribution in [3.05, 3.63) is 41.5 Å². The standard InChI is InChI=1S/C19H19NO4/c1-5-8-15-10-14(11-16-13(4)20-24-19(16)21)12-17(22-7-3)18(15)23-9-6-2/h2,5,10-12H,1,7-9H2,3-4H3/b16-11-. The highest BCUT2D eigenvalue weighted by Crippen LogP contribution is 2.35. The van der Waals surface area contributed by atoms with Gasteiger partial charge >= 0.3 is 5.97 Å². The molecule has 0 aliphatic carbocycles. The van der Waals surface area contributed by atoms with E-state index < -0.39 is 5.97 Å². The lowest BCUT2D eigenvalue weighted by molar-refractivity contribution is -0.136. The molecule has 0 saturated heterocycles. The van der Waals surface area contributed by atoms with Crippen LogP contribution in [-0.4, -0.2) is 24.9 Å². The van der Waals surface area contributed by atoms with Crippen molar-refractivity contribution in [2.24, 2.45) is 5.16 Å². The predicted molar refractivity (Wildman–Crippen MR) is 93.0 cm³/mol. The van der Waals surface area contributed by atoms with Gasteiger partial charge in [0.25, 0.3) is 0 Å². The number of hydrogen-bond donors (Lipinski definition) is 0. The lowest BCUT2D eigenvalue weighted by atomic mass is 10.0. The Bertz CT molecular complexity index is 753. The molecule has 24 heavy (non-hydrogen) atoms. The van der Waals surface area contributed by atoms with E-state index in [9.17, 15) is 4.79 Å². The van der Waals surface area contributed by atoms with Gasteiger partial charge in [0.05, 0.1) is 17.9 Å². The van der Waals surface area contributed by atoms with E-state index in [4.69, 9.17) is 15.9 Å². The van der Waals surface area contributed by atoms with Crippen molar-refractivity contribution in [2.45, 2.75) is 20.3 Å². The summed E-state index contributed by atoms with van der Waals surface area (Å²) in [5, 5.41) is 3.67. The highest BCUT2D eigenvalue weighted by Gasteiger charge is 2.22. The van der Waals surface area contributed by atoms with Gasteiger partial charge in [0.2, 0.25) is 0 Å². The van der Waals surface area contributed by atoms with Gasteiger partial charge in [-0.2, -0.15) is 0 Å². The van der Waals surface area contributed by atoms with Gasteiger partial charge in [-0.1, -0.05) is 17.2 Å². The molecule has 1 aliphatic heterocycles. The van der Waals surface area contributed by atoms with Crippen molar-refractivity contribution < 1.29 is 19.1 Å². The Morgan fingerprint density at radius 3 is 2.79 bits per heavy atom. The third-order valence-electron chi connectivity index (χ3n) is 3.30. The predicted octanol–water partition coefficient (Wildman–Crippen LogP) is 3.14. The van der Waals surface area contributed by atoms with Crippen molar-refractivity contribution in [1.29, 1.82) is 0 Å². The Balaban J connectivity index is 2.51. The van der Waals surface area contributed by atoms with Crippen molar-refractivity contribution in [3.8, 4) is 23.8 Å². The zero-order chi connectivity index (χ0) is 17.5. The molecule has 0 bridgehead atoms. The zero-order valence-electron chi connectivity index (χ0n) is 13.8. The summed E-state index contributed by atoms with van der Waals surface area (Å²) in [5.41, 5.74) is 2.61. The van der Waals surface area contributed by atoms with Crippen LogP contribution in [0.4, 0.5) is 0 Å². The molecule has 5 heteroatoms. The third-order valence-corrected chi connectivity index (χ3v) is 3.30. The normalized spacial score (nSPS) is 14.8. The van der Waals surface area contributed by atoms with Gasteiger partial charge in [-0.05, 0) is 44.0 Å². The van der Waals surface area contributed by atoms with Gasteiger partial charge in [0.1, 0.15) is 6.61 Å². The minimum Gasteiger partial charge on any atom is -0.490 e. The molecule has 5 nitrogen and oxygen atoms in total. The number of allylic oxidation sites excluding steroid dienone is 1. The zero-order valence-corrected chi connectivity index (χ0v) is 13.8. The summed E-state index contributed by atoms with van der Waals surface area (Å²) in [7, 11) is 0. The fourth-order valence-electron chi connectivity index (χ4n) is 2.30. The number of ether oxygens (including phenoxy) is 2. The van der Waals surface area contributed by atoms with E-state index in [2.05, 4.69) is 22.5 Å². The minimum absolute atomic E-state index is 0.142. The molecular formula is C19H19NO4. The van der Waals surface area contributed by atoms with E-state index >= 15 is 0 Å². The summed E-state index contributed by atoms with van der Waals surface area (Å²) in [6.07, 6.45) is 9.34. The number of nitrogens with zero attached hydrogens (tertiary/aromatic N) is 1. The Morgan fingerprint density at radius 2 is 2.21 bits per heavy atom. The van der Waals surface area contributed by atoms with E-state index in [0.717, 1.165) is 11.1 Å². The number of oxime groups is 1. The Morgan fingerprint density at radius 1 is 1.42 bits per heavy atom. The summed E-state index contributed by atoms with van der Waals surface area (Å²) in [4.78, 5) is 16.4. The molecule has 0 amide bonds. The SMILES string of the molecule is C#CCOc1c(CC=C)cc(/C=C2\C(=O)ON=C2C)cc1OCC. The van der Waals surface area contributed by atoms with Crippen molar-refractivity contribution in [3.63, 3.8) is 0 Å². The highest BCUT2D eigenvalue weighted by molar-refractivity contribution is 6.24. The van der Waals surface area contributed by atoms with Gasteiger partial charge in [-0.3, -0.25) is 0 Å². The molecule has 1 heterocycles. The van der Waals surface area contributed by atoms with Crippen LogP contribution in [-0.2, 0) is 16.1 Å². The molecule has 0 radical (unpaired) electrons. The molecule has 0 N–H and O–H groups in total. The smallest absolute Gasteiger partial charge is 0.367 e. The van der Waals surface area contributed by atoms with Crippen LogP contribution in [0.2, 0.25) is 0 Å². The van der Waals surface area contributed by atoms with Crippen LogP contribution < -0.4 is 9.47 Å². The summed E-state index contributed by atoms with van der Waals surface area (Å²) in [5.74, 6) is 3.14. The van der Waals surface area contributed by atoms with Gasteiger partial charge < -0.3 is 14.3 Å². The monoisotopic (exact) mass is 325 g/mol. The number of terminal acetylenes is 1. The lowest BCUT2D eigenvalue weighted by Gasteiger charge is -2.15. The topological polar surface area (TPSA) is 57.1 Å². The molecule has 0 spiro atoms. The number of benzene rings is 1. The van der Waals surface area contributed by atoms with Gasteiger partial charge in [-0.15, -0.1) is 13.0 Å². The highest BCUT2D eigenvalue weighted by atomic mass is 16.7. The number of rotatable bonds is 7. The van der Waals surface area contributed by atoms with E-state index in [0.29, 0.717) is 35.8 Å². The Labute approximate surface area is 141 Å². The van der Waals surface area contributed by atoms with Crippen LogP contribution in [0.1, 0.15) is 25.0 Å². The minimum atomic E-state index is -0.469. The average Bonchev–Trinajstić information content (AvgIpc) is 2.87. The molecule has 1 aliphatic rings.